The SMILES string of the molecule is CCNC(CCC1CC1)c1cc(C)nn1CC. The summed E-state index contributed by atoms with van der Waals surface area (Å²) in [6.07, 6.45) is 5.52. The quantitative estimate of drug-likeness (QED) is 0.787. The van der Waals surface area contributed by atoms with Crippen LogP contribution in [0.15, 0.2) is 6.07 Å². The largest absolute Gasteiger partial charge is 0.309 e. The van der Waals surface area contributed by atoms with Gasteiger partial charge in [0.1, 0.15) is 0 Å². The average molecular weight is 235 g/mol. The van der Waals surface area contributed by atoms with Crippen molar-refractivity contribution in [3.05, 3.63) is 17.5 Å². The molecule has 0 amide bonds. The first-order valence-electron chi connectivity index (χ1n) is 7.02. The Hall–Kier alpha value is -0.830. The molecule has 0 aromatic carbocycles. The first-order valence-corrected chi connectivity index (χ1v) is 7.02. The molecule has 96 valence electrons. The molecule has 2 rings (SSSR count). The van der Waals surface area contributed by atoms with E-state index in [1.807, 2.05) is 0 Å². The lowest BCUT2D eigenvalue weighted by Crippen LogP contribution is -2.24. The molecule has 3 nitrogen and oxygen atoms in total. The van der Waals surface area contributed by atoms with Gasteiger partial charge < -0.3 is 5.32 Å². The molecule has 1 unspecified atom stereocenters. The Kier molecular flexibility index (Phi) is 4.21. The van der Waals surface area contributed by atoms with Gasteiger partial charge in [0.2, 0.25) is 0 Å². The highest BCUT2D eigenvalue weighted by Gasteiger charge is 2.24. The van der Waals surface area contributed by atoms with Gasteiger partial charge in [-0.2, -0.15) is 5.10 Å². The van der Waals surface area contributed by atoms with Crippen molar-refractivity contribution < 1.29 is 0 Å². The molecule has 1 atom stereocenters. The normalized spacial score (nSPS) is 17.4. The Labute approximate surface area is 105 Å². The van der Waals surface area contributed by atoms with Gasteiger partial charge in [-0.1, -0.05) is 19.8 Å². The summed E-state index contributed by atoms with van der Waals surface area (Å²) >= 11 is 0. The van der Waals surface area contributed by atoms with Crippen molar-refractivity contribution in [1.29, 1.82) is 0 Å². The maximum absolute atomic E-state index is 4.55. The Morgan fingerprint density at radius 3 is 2.82 bits per heavy atom. The predicted molar refractivity (Wildman–Crippen MR) is 71.0 cm³/mol. The highest BCUT2D eigenvalue weighted by atomic mass is 15.3. The predicted octanol–water partition coefficient (Wildman–Crippen LogP) is 3.05. The van der Waals surface area contributed by atoms with Crippen LogP contribution in [-0.2, 0) is 6.54 Å². The third-order valence-electron chi connectivity index (χ3n) is 3.60. The van der Waals surface area contributed by atoms with Crippen LogP contribution in [0.3, 0.4) is 0 Å². The van der Waals surface area contributed by atoms with Gasteiger partial charge >= 0.3 is 0 Å². The van der Waals surface area contributed by atoms with Gasteiger partial charge in [0.25, 0.3) is 0 Å². The van der Waals surface area contributed by atoms with Crippen LogP contribution in [0.4, 0.5) is 0 Å². The zero-order valence-corrected chi connectivity index (χ0v) is 11.4. The van der Waals surface area contributed by atoms with Crippen molar-refractivity contribution >= 4 is 0 Å². The Balaban J connectivity index is 2.05. The van der Waals surface area contributed by atoms with E-state index in [2.05, 4.69) is 41.9 Å². The van der Waals surface area contributed by atoms with E-state index in [0.29, 0.717) is 6.04 Å². The molecular formula is C14H25N3. The minimum Gasteiger partial charge on any atom is -0.309 e. The molecule has 1 aromatic heterocycles. The van der Waals surface area contributed by atoms with Crippen LogP contribution >= 0.6 is 0 Å². The van der Waals surface area contributed by atoms with Crippen LogP contribution in [-0.4, -0.2) is 16.3 Å². The van der Waals surface area contributed by atoms with Crippen LogP contribution < -0.4 is 5.32 Å². The van der Waals surface area contributed by atoms with Crippen molar-refractivity contribution in [2.45, 2.75) is 59.0 Å². The summed E-state index contributed by atoms with van der Waals surface area (Å²) < 4.78 is 2.15. The van der Waals surface area contributed by atoms with Crippen LogP contribution in [0.25, 0.3) is 0 Å². The molecular weight excluding hydrogens is 210 g/mol. The van der Waals surface area contributed by atoms with Gasteiger partial charge in [-0.05, 0) is 45.2 Å². The van der Waals surface area contributed by atoms with Crippen molar-refractivity contribution in [2.24, 2.45) is 5.92 Å². The summed E-state index contributed by atoms with van der Waals surface area (Å²) in [5.74, 6) is 1.01. The summed E-state index contributed by atoms with van der Waals surface area (Å²) in [7, 11) is 0. The number of aromatic nitrogens is 2. The molecule has 0 bridgehead atoms. The Morgan fingerprint density at radius 1 is 1.47 bits per heavy atom. The second-order valence-corrected chi connectivity index (χ2v) is 5.16. The van der Waals surface area contributed by atoms with E-state index in [1.54, 1.807) is 0 Å². The van der Waals surface area contributed by atoms with Crippen LogP contribution in [0.1, 0.15) is 57.0 Å². The molecule has 1 saturated carbocycles. The second-order valence-electron chi connectivity index (χ2n) is 5.16. The zero-order valence-electron chi connectivity index (χ0n) is 11.4. The third kappa shape index (κ3) is 3.32. The first kappa shape index (κ1) is 12.6. The number of aryl methyl sites for hydroxylation is 2. The monoisotopic (exact) mass is 235 g/mol. The van der Waals surface area contributed by atoms with E-state index in [-0.39, 0.29) is 0 Å². The molecule has 1 aliphatic carbocycles. The molecule has 1 aromatic rings. The van der Waals surface area contributed by atoms with E-state index in [1.165, 1.54) is 31.4 Å². The van der Waals surface area contributed by atoms with Gasteiger partial charge in [-0.25, -0.2) is 0 Å². The number of hydrogen-bond donors (Lipinski definition) is 1. The Morgan fingerprint density at radius 2 is 2.24 bits per heavy atom. The molecule has 1 fully saturated rings. The molecule has 1 N–H and O–H groups in total. The molecule has 0 aliphatic heterocycles. The summed E-state index contributed by atoms with van der Waals surface area (Å²) in [6.45, 7) is 8.43. The molecule has 3 heteroatoms. The lowest BCUT2D eigenvalue weighted by molar-refractivity contribution is 0.444. The van der Waals surface area contributed by atoms with E-state index in [0.717, 1.165) is 24.7 Å². The van der Waals surface area contributed by atoms with Crippen LogP contribution in [0, 0.1) is 12.8 Å². The second kappa shape index (κ2) is 5.67. The fourth-order valence-corrected chi connectivity index (χ4v) is 2.51. The fraction of sp³-hybridized carbons (Fsp3) is 0.786. The number of hydrogen-bond acceptors (Lipinski definition) is 2. The van der Waals surface area contributed by atoms with Crippen molar-refractivity contribution in [3.8, 4) is 0 Å². The summed E-state index contributed by atoms with van der Waals surface area (Å²) in [5.41, 5.74) is 2.50. The Bertz CT molecular complexity index is 352. The average Bonchev–Trinajstić information content (AvgIpc) is 3.06. The van der Waals surface area contributed by atoms with Gasteiger partial charge in [-0.3, -0.25) is 4.68 Å². The lowest BCUT2D eigenvalue weighted by atomic mass is 10.1. The minimum absolute atomic E-state index is 0.488. The number of nitrogens with one attached hydrogen (secondary N) is 1. The lowest BCUT2D eigenvalue weighted by Gasteiger charge is -2.18. The molecule has 0 spiro atoms. The molecule has 0 saturated heterocycles. The molecule has 0 radical (unpaired) electrons. The van der Waals surface area contributed by atoms with E-state index >= 15 is 0 Å². The summed E-state index contributed by atoms with van der Waals surface area (Å²) in [6, 6.07) is 2.73. The maximum atomic E-state index is 4.55. The van der Waals surface area contributed by atoms with Crippen molar-refractivity contribution in [2.75, 3.05) is 6.54 Å². The number of nitrogens with zero attached hydrogens (tertiary/aromatic N) is 2. The molecule has 17 heavy (non-hydrogen) atoms. The van der Waals surface area contributed by atoms with Crippen LogP contribution in [0.2, 0.25) is 0 Å². The van der Waals surface area contributed by atoms with Gasteiger partial charge in [0.05, 0.1) is 11.4 Å². The standard InChI is InChI=1S/C14H25N3/c1-4-15-13(9-8-12-6-7-12)14-10-11(3)16-17(14)5-2/h10,12-13,15H,4-9H2,1-3H3. The van der Waals surface area contributed by atoms with Crippen LogP contribution in [0.5, 0.6) is 0 Å². The fourth-order valence-electron chi connectivity index (χ4n) is 2.51. The van der Waals surface area contributed by atoms with Gasteiger partial charge in [0, 0.05) is 12.6 Å². The van der Waals surface area contributed by atoms with E-state index in [4.69, 9.17) is 0 Å². The molecule has 1 heterocycles. The van der Waals surface area contributed by atoms with E-state index in [9.17, 15) is 0 Å². The summed E-state index contributed by atoms with van der Waals surface area (Å²) in [4.78, 5) is 0. The van der Waals surface area contributed by atoms with E-state index < -0.39 is 0 Å². The highest BCUT2D eigenvalue weighted by molar-refractivity contribution is 5.13. The van der Waals surface area contributed by atoms with Gasteiger partial charge in [0.15, 0.2) is 0 Å². The van der Waals surface area contributed by atoms with Gasteiger partial charge in [-0.15, -0.1) is 0 Å². The van der Waals surface area contributed by atoms with Crippen molar-refractivity contribution in [1.82, 2.24) is 15.1 Å². The van der Waals surface area contributed by atoms with Crippen molar-refractivity contribution in [3.63, 3.8) is 0 Å². The maximum Gasteiger partial charge on any atom is 0.0597 e. The smallest absolute Gasteiger partial charge is 0.0597 e. The first-order chi connectivity index (χ1) is 8.24. The molecule has 1 aliphatic rings. The number of rotatable bonds is 7. The minimum atomic E-state index is 0.488. The topological polar surface area (TPSA) is 29.9 Å². The summed E-state index contributed by atoms with van der Waals surface area (Å²) in [5, 5.41) is 8.16. The highest BCUT2D eigenvalue weighted by Crippen LogP contribution is 2.35. The zero-order chi connectivity index (χ0) is 12.3. The third-order valence-corrected chi connectivity index (χ3v) is 3.60.